The van der Waals surface area contributed by atoms with Gasteiger partial charge in [0.15, 0.2) is 11.5 Å². The van der Waals surface area contributed by atoms with Crippen molar-refractivity contribution in [1.82, 2.24) is 4.90 Å². The van der Waals surface area contributed by atoms with Gasteiger partial charge in [-0.25, -0.2) is 0 Å². The zero-order valence-corrected chi connectivity index (χ0v) is 21.4. The number of ketones is 1. The van der Waals surface area contributed by atoms with E-state index >= 15 is 0 Å². The van der Waals surface area contributed by atoms with Crippen LogP contribution in [0.3, 0.4) is 0 Å². The molecular weight excluding hydrogens is 486 g/mol. The molecule has 1 atom stereocenters. The molecule has 1 heterocycles. The molecule has 194 valence electrons. The molecule has 1 aliphatic heterocycles. The van der Waals surface area contributed by atoms with Crippen LogP contribution in [-0.2, 0) is 22.6 Å². The lowest BCUT2D eigenvalue weighted by Gasteiger charge is -2.27. The molecule has 1 unspecified atom stereocenters. The standard InChI is InChI=1S/C34H29NO4/c36-30(20-19-25-11-4-1-5-12-25)31-32(35(34(38)33(31)37)22-21-26-13-6-2-7-14-26)28-17-10-18-29(23-28)39-24-27-15-8-3-9-16-27/h1-20,23,32,37H,21-22,24H2. The molecule has 1 aliphatic rings. The maximum atomic E-state index is 13.5. The van der Waals surface area contributed by atoms with Gasteiger partial charge in [-0.2, -0.15) is 0 Å². The van der Waals surface area contributed by atoms with Crippen molar-refractivity contribution in [2.24, 2.45) is 0 Å². The van der Waals surface area contributed by atoms with Gasteiger partial charge >= 0.3 is 0 Å². The fraction of sp³-hybridized carbons (Fsp3) is 0.118. The van der Waals surface area contributed by atoms with Crippen molar-refractivity contribution in [2.75, 3.05) is 6.54 Å². The third-order valence-corrected chi connectivity index (χ3v) is 6.70. The Morgan fingerprint density at radius 2 is 1.46 bits per heavy atom. The molecule has 5 rings (SSSR count). The Morgan fingerprint density at radius 1 is 0.821 bits per heavy atom. The molecule has 5 nitrogen and oxygen atoms in total. The number of aliphatic hydroxyl groups is 1. The van der Waals surface area contributed by atoms with Gasteiger partial charge < -0.3 is 14.7 Å². The van der Waals surface area contributed by atoms with Crippen molar-refractivity contribution in [2.45, 2.75) is 19.1 Å². The van der Waals surface area contributed by atoms with Crippen molar-refractivity contribution in [3.8, 4) is 5.75 Å². The Bertz CT molecular complexity index is 1490. The topological polar surface area (TPSA) is 66.8 Å². The van der Waals surface area contributed by atoms with E-state index in [-0.39, 0.29) is 5.57 Å². The second-order valence-electron chi connectivity index (χ2n) is 9.35. The number of aliphatic hydroxyl groups excluding tert-OH is 1. The number of carbonyl (C=O) groups excluding carboxylic acids is 2. The van der Waals surface area contributed by atoms with Crippen LogP contribution in [0, 0.1) is 0 Å². The summed E-state index contributed by atoms with van der Waals surface area (Å²) in [7, 11) is 0. The van der Waals surface area contributed by atoms with Crippen LogP contribution >= 0.6 is 0 Å². The summed E-state index contributed by atoms with van der Waals surface area (Å²) >= 11 is 0. The van der Waals surface area contributed by atoms with Crippen LogP contribution in [0.4, 0.5) is 0 Å². The molecule has 1 N–H and O–H groups in total. The molecule has 0 radical (unpaired) electrons. The summed E-state index contributed by atoms with van der Waals surface area (Å²) < 4.78 is 6.03. The molecule has 5 heteroatoms. The van der Waals surface area contributed by atoms with Gasteiger partial charge in [-0.1, -0.05) is 109 Å². The molecular formula is C34H29NO4. The molecule has 0 aliphatic carbocycles. The molecule has 1 amide bonds. The lowest BCUT2D eigenvalue weighted by molar-refractivity contribution is -0.129. The monoisotopic (exact) mass is 515 g/mol. The first kappa shape index (κ1) is 25.7. The number of hydrogen-bond acceptors (Lipinski definition) is 4. The van der Waals surface area contributed by atoms with Crippen molar-refractivity contribution in [3.05, 3.63) is 155 Å². The van der Waals surface area contributed by atoms with E-state index in [1.807, 2.05) is 115 Å². The van der Waals surface area contributed by atoms with E-state index in [0.29, 0.717) is 30.9 Å². The molecule has 0 fully saturated rings. The molecule has 0 saturated heterocycles. The highest BCUT2D eigenvalue weighted by molar-refractivity contribution is 6.14. The fourth-order valence-electron chi connectivity index (χ4n) is 4.72. The van der Waals surface area contributed by atoms with Gasteiger partial charge in [-0.15, -0.1) is 0 Å². The number of rotatable bonds is 10. The van der Waals surface area contributed by atoms with Gasteiger partial charge in [-0.3, -0.25) is 9.59 Å². The Labute approximate surface area is 228 Å². The van der Waals surface area contributed by atoms with Gasteiger partial charge in [0.2, 0.25) is 0 Å². The van der Waals surface area contributed by atoms with Crippen molar-refractivity contribution in [1.29, 1.82) is 0 Å². The third kappa shape index (κ3) is 6.16. The summed E-state index contributed by atoms with van der Waals surface area (Å²) in [6, 6.07) is 35.7. The summed E-state index contributed by atoms with van der Waals surface area (Å²) in [4.78, 5) is 28.3. The molecule has 4 aromatic carbocycles. The second-order valence-corrected chi connectivity index (χ2v) is 9.35. The first-order chi connectivity index (χ1) is 19.1. The minimum atomic E-state index is -0.741. The first-order valence-corrected chi connectivity index (χ1v) is 12.9. The second kappa shape index (κ2) is 12.1. The molecule has 0 aromatic heterocycles. The van der Waals surface area contributed by atoms with Gasteiger partial charge in [-0.05, 0) is 46.9 Å². The number of hydrogen-bond donors (Lipinski definition) is 1. The summed E-state index contributed by atoms with van der Waals surface area (Å²) in [5.41, 5.74) is 3.71. The van der Waals surface area contributed by atoms with Crippen LogP contribution in [0.1, 0.15) is 28.3 Å². The average molecular weight is 516 g/mol. The third-order valence-electron chi connectivity index (χ3n) is 6.70. The lowest BCUT2D eigenvalue weighted by atomic mass is 9.95. The van der Waals surface area contributed by atoms with E-state index in [1.165, 1.54) is 6.08 Å². The largest absolute Gasteiger partial charge is 0.503 e. The van der Waals surface area contributed by atoms with Crippen LogP contribution in [0.25, 0.3) is 6.08 Å². The summed E-state index contributed by atoms with van der Waals surface area (Å²) in [6.07, 6.45) is 3.69. The number of benzene rings is 4. The van der Waals surface area contributed by atoms with E-state index in [2.05, 4.69) is 0 Å². The normalized spacial score (nSPS) is 15.2. The molecule has 0 bridgehead atoms. The maximum absolute atomic E-state index is 13.5. The van der Waals surface area contributed by atoms with E-state index in [4.69, 9.17) is 4.74 Å². The SMILES string of the molecule is O=C(C=Cc1ccccc1)C1=C(O)C(=O)N(CCc2ccccc2)C1c1cccc(OCc2ccccc2)c1. The van der Waals surface area contributed by atoms with Crippen molar-refractivity contribution in [3.63, 3.8) is 0 Å². The van der Waals surface area contributed by atoms with E-state index in [0.717, 1.165) is 16.7 Å². The highest BCUT2D eigenvalue weighted by Crippen LogP contribution is 2.39. The minimum absolute atomic E-state index is 0.0699. The van der Waals surface area contributed by atoms with Gasteiger partial charge in [0.05, 0.1) is 11.6 Å². The number of amides is 1. The summed E-state index contributed by atoms with van der Waals surface area (Å²) in [6.45, 7) is 0.726. The van der Waals surface area contributed by atoms with E-state index in [9.17, 15) is 14.7 Å². The molecule has 0 saturated carbocycles. The number of nitrogens with zero attached hydrogens (tertiary/aromatic N) is 1. The minimum Gasteiger partial charge on any atom is -0.503 e. The van der Waals surface area contributed by atoms with Crippen molar-refractivity contribution >= 4 is 17.8 Å². The quantitative estimate of drug-likeness (QED) is 0.245. The predicted molar refractivity (Wildman–Crippen MR) is 152 cm³/mol. The van der Waals surface area contributed by atoms with Crippen LogP contribution in [0.15, 0.2) is 133 Å². The van der Waals surface area contributed by atoms with Gasteiger partial charge in [0.25, 0.3) is 5.91 Å². The summed E-state index contributed by atoms with van der Waals surface area (Å²) in [5.74, 6) is -0.855. The molecule has 39 heavy (non-hydrogen) atoms. The highest BCUT2D eigenvalue weighted by atomic mass is 16.5. The smallest absolute Gasteiger partial charge is 0.290 e. The van der Waals surface area contributed by atoms with Crippen molar-refractivity contribution < 1.29 is 19.4 Å². The number of allylic oxidation sites excluding steroid dienone is 1. The van der Waals surface area contributed by atoms with E-state index < -0.39 is 23.5 Å². The Balaban J connectivity index is 1.45. The van der Waals surface area contributed by atoms with Gasteiger partial charge in [0.1, 0.15) is 12.4 Å². The van der Waals surface area contributed by atoms with Crippen LogP contribution in [0.5, 0.6) is 5.75 Å². The Kier molecular flexibility index (Phi) is 7.98. The number of ether oxygens (including phenoxy) is 1. The Morgan fingerprint density at radius 3 is 2.15 bits per heavy atom. The maximum Gasteiger partial charge on any atom is 0.290 e. The lowest BCUT2D eigenvalue weighted by Crippen LogP contribution is -2.33. The van der Waals surface area contributed by atoms with Gasteiger partial charge in [0, 0.05) is 6.54 Å². The Hall–Kier alpha value is -4.90. The van der Waals surface area contributed by atoms with Crippen LogP contribution < -0.4 is 4.74 Å². The molecule has 4 aromatic rings. The fourth-order valence-corrected chi connectivity index (χ4v) is 4.72. The zero-order valence-electron chi connectivity index (χ0n) is 21.4. The summed E-state index contributed by atoms with van der Waals surface area (Å²) in [5, 5.41) is 10.9. The number of carbonyl (C=O) groups is 2. The van der Waals surface area contributed by atoms with E-state index in [1.54, 1.807) is 11.0 Å². The molecule has 0 spiro atoms. The zero-order chi connectivity index (χ0) is 27.0. The van der Waals surface area contributed by atoms with Crippen LogP contribution in [0.2, 0.25) is 0 Å². The highest BCUT2D eigenvalue weighted by Gasteiger charge is 2.42. The first-order valence-electron chi connectivity index (χ1n) is 12.9. The predicted octanol–water partition coefficient (Wildman–Crippen LogP) is 6.49. The van der Waals surface area contributed by atoms with Crippen LogP contribution in [-0.4, -0.2) is 28.2 Å². The average Bonchev–Trinajstić information content (AvgIpc) is 3.24.